The molecule has 1 saturated heterocycles. The van der Waals surface area contributed by atoms with Gasteiger partial charge >= 0.3 is 12.5 Å². The third-order valence-electron chi connectivity index (χ3n) is 5.81. The number of methoxy groups -OCH3 is 1. The predicted molar refractivity (Wildman–Crippen MR) is 115 cm³/mol. The van der Waals surface area contributed by atoms with E-state index in [4.69, 9.17) is 15.2 Å². The monoisotopic (exact) mass is 502 g/mol. The van der Waals surface area contributed by atoms with Crippen LogP contribution in [0.4, 0.5) is 27.6 Å². The number of anilines is 1. The predicted octanol–water partition coefficient (Wildman–Crippen LogP) is 3.69. The lowest BCUT2D eigenvalue weighted by Gasteiger charge is -2.28. The van der Waals surface area contributed by atoms with E-state index in [1.165, 1.54) is 25.3 Å². The third-order valence-corrected chi connectivity index (χ3v) is 5.81. The molecule has 1 amide bonds. The van der Waals surface area contributed by atoms with Gasteiger partial charge in [0.05, 0.1) is 23.9 Å². The topological polar surface area (TPSA) is 98.9 Å². The molecule has 4 rings (SSSR count). The fraction of sp³-hybridized carbons (Fsp3) is 0.455. The quantitative estimate of drug-likeness (QED) is 0.602. The summed E-state index contributed by atoms with van der Waals surface area (Å²) in [6.45, 7) is 3.16. The van der Waals surface area contributed by atoms with Crippen LogP contribution >= 0.6 is 0 Å². The molecule has 1 aromatic heterocycles. The Labute approximate surface area is 197 Å². The number of ether oxygens (including phenoxy) is 3. The van der Waals surface area contributed by atoms with E-state index in [0.717, 1.165) is 13.1 Å². The zero-order valence-electron chi connectivity index (χ0n) is 19.0. The van der Waals surface area contributed by atoms with Gasteiger partial charge in [0, 0.05) is 30.4 Å². The molecule has 35 heavy (non-hydrogen) atoms. The normalized spacial score (nSPS) is 21.7. The zero-order chi connectivity index (χ0) is 25.8. The molecule has 0 spiro atoms. The molecule has 0 aliphatic carbocycles. The molecule has 3 N–H and O–H groups in total. The van der Waals surface area contributed by atoms with Gasteiger partial charge in [0.1, 0.15) is 6.04 Å². The number of carbonyl (C=O) groups excluding carboxylic acids is 1. The molecular weight excluding hydrogens is 479 g/mol. The van der Waals surface area contributed by atoms with Gasteiger partial charge < -0.3 is 30.2 Å². The van der Waals surface area contributed by atoms with Crippen molar-refractivity contribution in [3.8, 4) is 28.5 Å². The number of nitrogens with one attached hydrogen (secondary N) is 1. The van der Waals surface area contributed by atoms with Crippen LogP contribution in [-0.4, -0.2) is 55.1 Å². The number of nitrogens with zero attached hydrogens (tertiary/aromatic N) is 2. The molecule has 3 heterocycles. The Morgan fingerprint density at radius 1 is 1.31 bits per heavy atom. The van der Waals surface area contributed by atoms with Crippen LogP contribution in [0.2, 0.25) is 0 Å². The maximum absolute atomic E-state index is 13.9. The van der Waals surface area contributed by atoms with Crippen LogP contribution in [0.5, 0.6) is 17.4 Å². The highest BCUT2D eigenvalue weighted by molar-refractivity contribution is 6.05. The zero-order valence-corrected chi connectivity index (χ0v) is 19.0. The van der Waals surface area contributed by atoms with E-state index in [0.29, 0.717) is 13.0 Å². The molecule has 8 nitrogen and oxygen atoms in total. The lowest BCUT2D eigenvalue weighted by atomic mass is 9.99. The highest BCUT2D eigenvalue weighted by Gasteiger charge is 2.46. The van der Waals surface area contributed by atoms with Crippen molar-refractivity contribution in [3.63, 3.8) is 0 Å². The molecule has 2 aliphatic heterocycles. The molecule has 0 radical (unpaired) electrons. The average molecular weight is 502 g/mol. The number of halogens is 5. The van der Waals surface area contributed by atoms with Crippen LogP contribution in [0.3, 0.4) is 0 Å². The van der Waals surface area contributed by atoms with Gasteiger partial charge in [0.2, 0.25) is 5.88 Å². The summed E-state index contributed by atoms with van der Waals surface area (Å²) < 4.78 is 81.8. The van der Waals surface area contributed by atoms with Gasteiger partial charge in [-0.05, 0) is 26.3 Å². The van der Waals surface area contributed by atoms with Crippen LogP contribution in [0.25, 0.3) is 11.1 Å². The van der Waals surface area contributed by atoms with Crippen molar-refractivity contribution in [2.45, 2.75) is 44.3 Å². The van der Waals surface area contributed by atoms with Gasteiger partial charge in [-0.2, -0.15) is 13.2 Å². The number of hydrogen-bond donors (Lipinski definition) is 2. The molecule has 2 atom stereocenters. The standard InChI is InChI=1S/C22H23F5N4O4/c1-11(21(23,24)25)30-18(32)13-9-29-19(33-3)15(16(13)31-8-7-20(2,28)10-31)12-5-4-6-14-17(12)35-22(26,27)34-14/h4-6,9,11H,7-8,10,28H2,1-3H3,(H,30,32)/t11?,20-/m0/s1. The number of benzene rings is 1. The minimum atomic E-state index is -4.68. The highest BCUT2D eigenvalue weighted by Crippen LogP contribution is 2.52. The number of nitrogens with two attached hydrogens (primary N) is 1. The maximum Gasteiger partial charge on any atom is 0.586 e. The molecule has 190 valence electrons. The Bertz CT molecular complexity index is 1160. The van der Waals surface area contributed by atoms with Crippen molar-refractivity contribution in [2.75, 3.05) is 25.1 Å². The van der Waals surface area contributed by atoms with E-state index in [2.05, 4.69) is 9.72 Å². The van der Waals surface area contributed by atoms with E-state index in [1.54, 1.807) is 11.8 Å². The molecular formula is C22H23F5N4O4. The van der Waals surface area contributed by atoms with Gasteiger partial charge in [-0.15, -0.1) is 8.78 Å². The first-order chi connectivity index (χ1) is 16.2. The van der Waals surface area contributed by atoms with Crippen molar-refractivity contribution in [3.05, 3.63) is 30.0 Å². The molecule has 1 aromatic carbocycles. The van der Waals surface area contributed by atoms with Gasteiger partial charge in [-0.3, -0.25) is 4.79 Å². The number of alkyl halides is 5. The first kappa shape index (κ1) is 24.8. The van der Waals surface area contributed by atoms with Crippen LogP contribution in [-0.2, 0) is 0 Å². The smallest absolute Gasteiger partial charge is 0.480 e. The second kappa shape index (κ2) is 8.40. The van der Waals surface area contributed by atoms with Gasteiger partial charge in [0.15, 0.2) is 11.5 Å². The molecule has 0 bridgehead atoms. The highest BCUT2D eigenvalue weighted by atomic mass is 19.4. The lowest BCUT2D eigenvalue weighted by molar-refractivity contribution is -0.286. The summed E-state index contributed by atoms with van der Waals surface area (Å²) in [7, 11) is 1.28. The average Bonchev–Trinajstić information content (AvgIpc) is 3.28. The number of para-hydroxylation sites is 1. The van der Waals surface area contributed by atoms with Gasteiger partial charge in [-0.1, -0.05) is 12.1 Å². The van der Waals surface area contributed by atoms with E-state index in [-0.39, 0.29) is 46.3 Å². The van der Waals surface area contributed by atoms with Crippen LogP contribution < -0.4 is 30.2 Å². The van der Waals surface area contributed by atoms with Crippen molar-refractivity contribution >= 4 is 11.6 Å². The summed E-state index contributed by atoms with van der Waals surface area (Å²) in [5.41, 5.74) is 5.66. The number of carbonyl (C=O) groups is 1. The second-order valence-electron chi connectivity index (χ2n) is 8.77. The van der Waals surface area contributed by atoms with Crippen molar-refractivity contribution in [1.82, 2.24) is 10.3 Å². The molecule has 2 aromatic rings. The minimum absolute atomic E-state index is 0.0572. The minimum Gasteiger partial charge on any atom is -0.480 e. The summed E-state index contributed by atoms with van der Waals surface area (Å²) in [5.74, 6) is -1.69. The summed E-state index contributed by atoms with van der Waals surface area (Å²) in [6, 6.07) is 1.98. The largest absolute Gasteiger partial charge is 0.586 e. The first-order valence-corrected chi connectivity index (χ1v) is 10.6. The van der Waals surface area contributed by atoms with E-state index in [1.807, 2.05) is 5.32 Å². The van der Waals surface area contributed by atoms with Crippen molar-refractivity contribution in [2.24, 2.45) is 5.73 Å². The summed E-state index contributed by atoms with van der Waals surface area (Å²) in [5, 5.41) is 1.92. The first-order valence-electron chi connectivity index (χ1n) is 10.6. The van der Waals surface area contributed by atoms with Gasteiger partial charge in [-0.25, -0.2) is 4.98 Å². The number of fused-ring (bicyclic) bond motifs is 1. The van der Waals surface area contributed by atoms with Crippen molar-refractivity contribution in [1.29, 1.82) is 0 Å². The fourth-order valence-electron chi connectivity index (χ4n) is 4.07. The molecule has 1 unspecified atom stereocenters. The van der Waals surface area contributed by atoms with Crippen LogP contribution in [0.1, 0.15) is 30.6 Å². The lowest BCUT2D eigenvalue weighted by Crippen LogP contribution is -2.44. The molecule has 13 heteroatoms. The number of rotatable bonds is 5. The Morgan fingerprint density at radius 2 is 2.03 bits per heavy atom. The molecule has 0 saturated carbocycles. The van der Waals surface area contributed by atoms with Crippen LogP contribution in [0.15, 0.2) is 24.4 Å². The third kappa shape index (κ3) is 4.77. The number of amides is 1. The Balaban J connectivity index is 1.93. The Hall–Kier alpha value is -3.35. The summed E-state index contributed by atoms with van der Waals surface area (Å²) in [4.78, 5) is 18.8. The molecule has 2 aliphatic rings. The Morgan fingerprint density at radius 3 is 2.63 bits per heavy atom. The van der Waals surface area contributed by atoms with E-state index < -0.39 is 30.0 Å². The van der Waals surface area contributed by atoms with Crippen LogP contribution in [0, 0.1) is 0 Å². The molecule has 1 fully saturated rings. The second-order valence-corrected chi connectivity index (χ2v) is 8.77. The SMILES string of the molecule is COc1ncc(C(=O)NC(C)C(F)(F)F)c(N2CC[C@](C)(N)C2)c1-c1cccc2c1OC(F)(F)O2. The number of pyridine rings is 1. The van der Waals surface area contributed by atoms with Gasteiger partial charge in [0.25, 0.3) is 5.91 Å². The van der Waals surface area contributed by atoms with E-state index >= 15 is 0 Å². The maximum atomic E-state index is 13.9. The Kier molecular flexibility index (Phi) is 5.94. The number of hydrogen-bond acceptors (Lipinski definition) is 7. The number of aromatic nitrogens is 1. The van der Waals surface area contributed by atoms with E-state index in [9.17, 15) is 26.7 Å². The fourth-order valence-corrected chi connectivity index (χ4v) is 4.07. The summed E-state index contributed by atoms with van der Waals surface area (Å²) in [6.07, 6.45) is -7.03. The summed E-state index contributed by atoms with van der Waals surface area (Å²) >= 11 is 0. The van der Waals surface area contributed by atoms with Crippen molar-refractivity contribution < 1.29 is 41.0 Å².